The van der Waals surface area contributed by atoms with Crippen LogP contribution in [0, 0.1) is 5.95 Å². The molecular weight excluding hydrogens is 541 g/mol. The van der Waals surface area contributed by atoms with E-state index in [2.05, 4.69) is 30.6 Å². The Balaban J connectivity index is 1.44. The zero-order valence-corrected chi connectivity index (χ0v) is 21.2. The molecule has 0 saturated carbocycles. The molecule has 0 aliphatic carbocycles. The Kier molecular flexibility index (Phi) is 7.51. The summed E-state index contributed by atoms with van der Waals surface area (Å²) in [6.07, 6.45) is 1.16. The van der Waals surface area contributed by atoms with Gasteiger partial charge in [0.05, 0.1) is 21.7 Å². The fraction of sp³-hybridized carbons (Fsp3) is 0.261. The van der Waals surface area contributed by atoms with Gasteiger partial charge in [0, 0.05) is 37.8 Å². The van der Waals surface area contributed by atoms with Gasteiger partial charge in [-0.2, -0.15) is 4.39 Å². The van der Waals surface area contributed by atoms with Crippen molar-refractivity contribution in [2.45, 2.75) is 11.8 Å². The highest BCUT2D eigenvalue weighted by Gasteiger charge is 2.24. The van der Waals surface area contributed by atoms with Crippen molar-refractivity contribution < 1.29 is 22.3 Å². The van der Waals surface area contributed by atoms with E-state index in [0.29, 0.717) is 54.5 Å². The summed E-state index contributed by atoms with van der Waals surface area (Å²) in [4.78, 5) is 24.1. The fourth-order valence-corrected chi connectivity index (χ4v) is 5.25. The van der Waals surface area contributed by atoms with Crippen LogP contribution in [-0.2, 0) is 10.0 Å². The fourth-order valence-electron chi connectivity index (χ4n) is 3.67. The highest BCUT2D eigenvalue weighted by molar-refractivity contribution is 9.10. The predicted octanol–water partition coefficient (Wildman–Crippen LogP) is 3.54. The largest absolute Gasteiger partial charge is 0.493 e. The number of halogens is 2. The molecule has 1 saturated heterocycles. The average Bonchev–Trinajstić information content (AvgIpc) is 2.85. The lowest BCUT2D eigenvalue weighted by Gasteiger charge is -2.35. The van der Waals surface area contributed by atoms with Crippen LogP contribution in [0.4, 0.5) is 15.9 Å². The van der Waals surface area contributed by atoms with Gasteiger partial charge >= 0.3 is 0 Å². The maximum Gasteiger partial charge on any atom is 0.261 e. The molecular formula is C23H23BrFN5O4S. The van der Waals surface area contributed by atoms with Gasteiger partial charge in [-0.3, -0.25) is 9.52 Å². The summed E-state index contributed by atoms with van der Waals surface area (Å²) in [7, 11) is -3.93. The quantitative estimate of drug-likeness (QED) is 0.438. The summed E-state index contributed by atoms with van der Waals surface area (Å²) < 4.78 is 47.9. The standard InChI is InChI=1S/C23H23BrFN5O4S/c1-2-34-20-7-6-17(13-19(20)24)28-35(32,33)18-5-3-4-16(12-18)23(31)30-10-8-29(9-11-30)22-14-21(25)26-15-27-22/h3-7,12-15,28H,2,8-11H2,1H3. The molecule has 0 atom stereocenters. The number of nitrogens with one attached hydrogen (secondary N) is 1. The van der Waals surface area contributed by atoms with Gasteiger partial charge in [0.25, 0.3) is 15.9 Å². The molecule has 0 radical (unpaired) electrons. The first-order valence-electron chi connectivity index (χ1n) is 10.8. The number of sulfonamides is 1. The molecule has 3 aromatic rings. The first-order chi connectivity index (χ1) is 16.8. The lowest BCUT2D eigenvalue weighted by Crippen LogP contribution is -2.49. The zero-order valence-electron chi connectivity index (χ0n) is 18.8. The number of carbonyl (C=O) groups is 1. The molecule has 0 bridgehead atoms. The van der Waals surface area contributed by atoms with Gasteiger partial charge in [-0.1, -0.05) is 6.07 Å². The lowest BCUT2D eigenvalue weighted by atomic mass is 10.2. The predicted molar refractivity (Wildman–Crippen MR) is 133 cm³/mol. The second kappa shape index (κ2) is 10.6. The van der Waals surface area contributed by atoms with Crippen molar-refractivity contribution in [2.24, 2.45) is 0 Å². The van der Waals surface area contributed by atoms with Gasteiger partial charge in [0.1, 0.15) is 17.9 Å². The molecule has 35 heavy (non-hydrogen) atoms. The van der Waals surface area contributed by atoms with Crippen molar-refractivity contribution >= 4 is 43.4 Å². The number of hydrogen-bond acceptors (Lipinski definition) is 7. The molecule has 4 rings (SSSR count). The highest BCUT2D eigenvalue weighted by atomic mass is 79.9. The zero-order chi connectivity index (χ0) is 25.0. The van der Waals surface area contributed by atoms with Crippen LogP contribution in [0.1, 0.15) is 17.3 Å². The third-order valence-corrected chi connectivity index (χ3v) is 7.38. The van der Waals surface area contributed by atoms with Crippen LogP contribution in [0.3, 0.4) is 0 Å². The molecule has 2 aromatic carbocycles. The van der Waals surface area contributed by atoms with E-state index in [0.717, 1.165) is 6.33 Å². The second-order valence-electron chi connectivity index (χ2n) is 7.69. The molecule has 2 heterocycles. The summed E-state index contributed by atoms with van der Waals surface area (Å²) in [6.45, 7) is 4.05. The van der Waals surface area contributed by atoms with Gasteiger partial charge in [0.2, 0.25) is 5.95 Å². The van der Waals surface area contributed by atoms with Crippen LogP contribution in [0.5, 0.6) is 5.75 Å². The van der Waals surface area contributed by atoms with Crippen molar-refractivity contribution in [1.29, 1.82) is 0 Å². The van der Waals surface area contributed by atoms with E-state index in [1.807, 2.05) is 11.8 Å². The molecule has 184 valence electrons. The van der Waals surface area contributed by atoms with E-state index in [4.69, 9.17) is 4.74 Å². The molecule has 0 unspecified atom stereocenters. The summed E-state index contributed by atoms with van der Waals surface area (Å²) >= 11 is 3.37. The summed E-state index contributed by atoms with van der Waals surface area (Å²) in [5, 5.41) is 0. The number of ether oxygens (including phenoxy) is 1. The van der Waals surface area contributed by atoms with Gasteiger partial charge in [-0.05, 0) is 59.3 Å². The number of benzene rings is 2. The van der Waals surface area contributed by atoms with Gasteiger partial charge in [0.15, 0.2) is 0 Å². The van der Waals surface area contributed by atoms with E-state index in [1.54, 1.807) is 29.2 Å². The Hall–Kier alpha value is -3.25. The number of anilines is 2. The van der Waals surface area contributed by atoms with Gasteiger partial charge in [-0.15, -0.1) is 0 Å². The Morgan fingerprint density at radius 1 is 1.11 bits per heavy atom. The molecule has 12 heteroatoms. The van der Waals surface area contributed by atoms with Crippen LogP contribution >= 0.6 is 15.9 Å². The maximum absolute atomic E-state index is 13.4. The molecule has 1 amide bonds. The van der Waals surface area contributed by atoms with Gasteiger partial charge < -0.3 is 14.5 Å². The Bertz CT molecular complexity index is 1330. The minimum Gasteiger partial charge on any atom is -0.493 e. The number of nitrogens with zero attached hydrogens (tertiary/aromatic N) is 4. The Morgan fingerprint density at radius 3 is 2.57 bits per heavy atom. The van der Waals surface area contributed by atoms with Crippen molar-refractivity contribution in [1.82, 2.24) is 14.9 Å². The van der Waals surface area contributed by atoms with E-state index in [-0.39, 0.29) is 16.4 Å². The van der Waals surface area contributed by atoms with Crippen molar-refractivity contribution in [3.8, 4) is 5.75 Å². The molecule has 0 spiro atoms. The highest BCUT2D eigenvalue weighted by Crippen LogP contribution is 2.29. The normalized spacial score (nSPS) is 14.0. The molecule has 1 aliphatic rings. The van der Waals surface area contributed by atoms with Crippen LogP contribution in [-0.4, -0.2) is 62.0 Å². The van der Waals surface area contributed by atoms with E-state index in [1.165, 1.54) is 24.3 Å². The summed E-state index contributed by atoms with van der Waals surface area (Å²) in [5.74, 6) is 0.176. The van der Waals surface area contributed by atoms with Crippen LogP contribution in [0.15, 0.2) is 64.2 Å². The molecule has 1 fully saturated rings. The van der Waals surface area contributed by atoms with Crippen LogP contribution < -0.4 is 14.4 Å². The van der Waals surface area contributed by atoms with Crippen LogP contribution in [0.2, 0.25) is 0 Å². The molecule has 1 aromatic heterocycles. The maximum atomic E-state index is 13.4. The minimum atomic E-state index is -3.93. The topological polar surface area (TPSA) is 105 Å². The number of amides is 1. The van der Waals surface area contributed by atoms with E-state index >= 15 is 0 Å². The summed E-state index contributed by atoms with van der Waals surface area (Å²) in [5.41, 5.74) is 0.622. The van der Waals surface area contributed by atoms with Crippen LogP contribution in [0.25, 0.3) is 0 Å². The first-order valence-corrected chi connectivity index (χ1v) is 13.1. The molecule has 1 N–H and O–H groups in total. The van der Waals surface area contributed by atoms with Crippen molar-refractivity contribution in [3.05, 3.63) is 70.8 Å². The Morgan fingerprint density at radius 2 is 1.89 bits per heavy atom. The number of piperazine rings is 1. The number of aromatic nitrogens is 2. The summed E-state index contributed by atoms with van der Waals surface area (Å²) in [6, 6.07) is 12.1. The first kappa shape index (κ1) is 24.9. The third kappa shape index (κ3) is 5.88. The van der Waals surface area contributed by atoms with Gasteiger partial charge in [-0.25, -0.2) is 18.4 Å². The SMILES string of the molecule is CCOc1ccc(NS(=O)(=O)c2cccc(C(=O)N3CCN(c4cc(F)ncn4)CC3)c2)cc1Br. The molecule has 1 aliphatic heterocycles. The molecule has 9 nitrogen and oxygen atoms in total. The monoisotopic (exact) mass is 563 g/mol. The Labute approximate surface area is 211 Å². The van der Waals surface area contributed by atoms with Crippen molar-refractivity contribution in [2.75, 3.05) is 42.4 Å². The second-order valence-corrected chi connectivity index (χ2v) is 10.2. The lowest BCUT2D eigenvalue weighted by molar-refractivity contribution is 0.0746. The number of hydrogen-bond donors (Lipinski definition) is 1. The third-order valence-electron chi connectivity index (χ3n) is 5.39. The minimum absolute atomic E-state index is 0.0246. The van der Waals surface area contributed by atoms with E-state index < -0.39 is 16.0 Å². The van der Waals surface area contributed by atoms with E-state index in [9.17, 15) is 17.6 Å². The average molecular weight is 564 g/mol. The number of carbonyl (C=O) groups excluding carboxylic acids is 1. The smallest absolute Gasteiger partial charge is 0.261 e. The number of rotatable bonds is 7. The van der Waals surface area contributed by atoms with Crippen molar-refractivity contribution in [3.63, 3.8) is 0 Å².